The first-order chi connectivity index (χ1) is 7.68. The van der Waals surface area contributed by atoms with Crippen LogP contribution in [0.2, 0.25) is 0 Å². The van der Waals surface area contributed by atoms with Crippen LogP contribution in [0.25, 0.3) is 0 Å². The molecule has 1 aliphatic rings. The van der Waals surface area contributed by atoms with Crippen LogP contribution in [0.4, 0.5) is 11.4 Å². The molecule has 2 rings (SSSR count). The number of rotatable bonds is 5. The van der Waals surface area contributed by atoms with Crippen LogP contribution in [0.15, 0.2) is 18.2 Å². The number of carboxylic acid groups (broad SMARTS) is 1. The van der Waals surface area contributed by atoms with Crippen LogP contribution < -0.4 is 11.1 Å². The monoisotopic (exact) mass is 220 g/mol. The Balaban J connectivity index is 2.06. The minimum absolute atomic E-state index is 0.246. The van der Waals surface area contributed by atoms with Gasteiger partial charge in [0.2, 0.25) is 0 Å². The third-order valence-electron chi connectivity index (χ3n) is 2.88. The average Bonchev–Trinajstić information content (AvgIpc) is 3.04. The summed E-state index contributed by atoms with van der Waals surface area (Å²) in [5.41, 5.74) is 7.06. The van der Waals surface area contributed by atoms with E-state index in [1.807, 2.05) is 0 Å². The molecule has 0 amide bonds. The van der Waals surface area contributed by atoms with Crippen molar-refractivity contribution < 1.29 is 9.90 Å². The van der Waals surface area contributed by atoms with Crippen molar-refractivity contribution in [1.29, 1.82) is 0 Å². The van der Waals surface area contributed by atoms with Gasteiger partial charge in [-0.25, -0.2) is 4.79 Å². The molecule has 0 bridgehead atoms. The number of nitrogens with two attached hydrogens (primary N) is 1. The van der Waals surface area contributed by atoms with Crippen LogP contribution in [-0.2, 0) is 0 Å². The third-order valence-corrected chi connectivity index (χ3v) is 2.88. The van der Waals surface area contributed by atoms with Gasteiger partial charge in [-0.15, -0.1) is 0 Å². The summed E-state index contributed by atoms with van der Waals surface area (Å²) in [5, 5.41) is 12.1. The molecule has 0 aromatic heterocycles. The lowest BCUT2D eigenvalue weighted by atomic mass is 10.1. The molecule has 1 aromatic rings. The van der Waals surface area contributed by atoms with E-state index in [4.69, 9.17) is 10.8 Å². The van der Waals surface area contributed by atoms with Gasteiger partial charge in [0.15, 0.2) is 0 Å². The van der Waals surface area contributed by atoms with Crippen LogP contribution >= 0.6 is 0 Å². The summed E-state index contributed by atoms with van der Waals surface area (Å²) in [7, 11) is 0. The maximum atomic E-state index is 11.0. The number of nitrogens with one attached hydrogen (secondary N) is 1. The van der Waals surface area contributed by atoms with Gasteiger partial charge in [0, 0.05) is 6.54 Å². The fraction of sp³-hybridized carbons (Fsp3) is 0.417. The van der Waals surface area contributed by atoms with E-state index in [9.17, 15) is 4.79 Å². The molecule has 0 heterocycles. The molecule has 4 heteroatoms. The molecule has 86 valence electrons. The highest BCUT2D eigenvalue weighted by atomic mass is 16.4. The van der Waals surface area contributed by atoms with Gasteiger partial charge in [-0.1, -0.05) is 18.9 Å². The average molecular weight is 220 g/mol. The van der Waals surface area contributed by atoms with E-state index in [2.05, 4.69) is 5.32 Å². The molecule has 0 aliphatic heterocycles. The van der Waals surface area contributed by atoms with Gasteiger partial charge in [-0.05, 0) is 24.5 Å². The van der Waals surface area contributed by atoms with Crippen LogP contribution in [0.3, 0.4) is 0 Å². The number of hydrogen-bond donors (Lipinski definition) is 3. The van der Waals surface area contributed by atoms with E-state index in [1.54, 1.807) is 18.2 Å². The Labute approximate surface area is 94.5 Å². The summed E-state index contributed by atoms with van der Waals surface area (Å²) >= 11 is 0. The van der Waals surface area contributed by atoms with Crippen LogP contribution in [0.5, 0.6) is 0 Å². The predicted octanol–water partition coefficient (Wildman–Crippen LogP) is 2.18. The normalized spacial score (nSPS) is 14.8. The highest BCUT2D eigenvalue weighted by molar-refractivity contribution is 5.97. The zero-order chi connectivity index (χ0) is 11.5. The van der Waals surface area contributed by atoms with Crippen LogP contribution in [0.1, 0.15) is 29.6 Å². The lowest BCUT2D eigenvalue weighted by molar-refractivity contribution is 0.0698. The van der Waals surface area contributed by atoms with Crippen molar-refractivity contribution in [1.82, 2.24) is 0 Å². The Morgan fingerprint density at radius 1 is 1.50 bits per heavy atom. The van der Waals surface area contributed by atoms with E-state index in [1.165, 1.54) is 12.8 Å². The quantitative estimate of drug-likeness (QED) is 0.665. The second kappa shape index (κ2) is 4.43. The van der Waals surface area contributed by atoms with Crippen molar-refractivity contribution in [2.75, 3.05) is 17.6 Å². The minimum atomic E-state index is -0.943. The van der Waals surface area contributed by atoms with Crippen LogP contribution in [-0.4, -0.2) is 17.6 Å². The van der Waals surface area contributed by atoms with Gasteiger partial charge in [-0.2, -0.15) is 0 Å². The summed E-state index contributed by atoms with van der Waals surface area (Å²) in [6, 6.07) is 4.94. The van der Waals surface area contributed by atoms with Gasteiger partial charge in [0.05, 0.1) is 16.9 Å². The first-order valence-electron chi connectivity index (χ1n) is 5.54. The van der Waals surface area contributed by atoms with E-state index >= 15 is 0 Å². The Kier molecular flexibility index (Phi) is 2.99. The summed E-state index contributed by atoms with van der Waals surface area (Å²) in [6.45, 7) is 0.791. The number of para-hydroxylation sites is 1. The first kappa shape index (κ1) is 10.8. The number of hydrogen-bond acceptors (Lipinski definition) is 3. The number of carboxylic acids is 1. The molecule has 1 saturated carbocycles. The topological polar surface area (TPSA) is 75.4 Å². The van der Waals surface area contributed by atoms with Crippen molar-refractivity contribution in [3.8, 4) is 0 Å². The van der Waals surface area contributed by atoms with Gasteiger partial charge in [0.25, 0.3) is 0 Å². The second-order valence-corrected chi connectivity index (χ2v) is 4.23. The molecular weight excluding hydrogens is 204 g/mol. The number of anilines is 2. The molecule has 1 aliphatic carbocycles. The van der Waals surface area contributed by atoms with Crippen molar-refractivity contribution in [3.63, 3.8) is 0 Å². The smallest absolute Gasteiger partial charge is 0.337 e. The van der Waals surface area contributed by atoms with Crippen molar-refractivity contribution in [2.24, 2.45) is 5.92 Å². The standard InChI is InChI=1S/C12H16N2O2/c13-10-3-1-2-9(12(15)16)11(10)14-7-6-8-4-5-8/h1-3,8,14H,4-7,13H2,(H,15,16). The summed E-state index contributed by atoms with van der Waals surface area (Å²) in [5.74, 6) is -0.119. The van der Waals surface area contributed by atoms with E-state index in [-0.39, 0.29) is 5.56 Å². The molecule has 1 aromatic carbocycles. The Morgan fingerprint density at radius 2 is 2.25 bits per heavy atom. The molecule has 0 saturated heterocycles. The number of benzene rings is 1. The SMILES string of the molecule is Nc1cccc(C(=O)O)c1NCCC1CC1. The highest BCUT2D eigenvalue weighted by Gasteiger charge is 2.20. The molecule has 0 atom stereocenters. The van der Waals surface area contributed by atoms with Gasteiger partial charge >= 0.3 is 5.97 Å². The van der Waals surface area contributed by atoms with Gasteiger partial charge in [-0.3, -0.25) is 0 Å². The minimum Gasteiger partial charge on any atom is -0.478 e. The lowest BCUT2D eigenvalue weighted by Crippen LogP contribution is -2.10. The van der Waals surface area contributed by atoms with Gasteiger partial charge in [0.1, 0.15) is 0 Å². The van der Waals surface area contributed by atoms with E-state index in [0.717, 1.165) is 18.9 Å². The summed E-state index contributed by atoms with van der Waals surface area (Å²) < 4.78 is 0. The summed E-state index contributed by atoms with van der Waals surface area (Å²) in [6.07, 6.45) is 3.70. The fourth-order valence-electron chi connectivity index (χ4n) is 1.75. The van der Waals surface area contributed by atoms with E-state index in [0.29, 0.717) is 11.4 Å². The van der Waals surface area contributed by atoms with Crippen LogP contribution in [0, 0.1) is 5.92 Å². The molecule has 4 nitrogen and oxygen atoms in total. The highest BCUT2D eigenvalue weighted by Crippen LogP contribution is 2.32. The number of carbonyl (C=O) groups is 1. The predicted molar refractivity (Wildman–Crippen MR) is 63.6 cm³/mol. The number of aromatic carboxylic acids is 1. The van der Waals surface area contributed by atoms with E-state index < -0.39 is 5.97 Å². The molecular formula is C12H16N2O2. The maximum absolute atomic E-state index is 11.0. The molecule has 4 N–H and O–H groups in total. The lowest BCUT2D eigenvalue weighted by Gasteiger charge is -2.11. The summed E-state index contributed by atoms with van der Waals surface area (Å²) in [4.78, 5) is 11.0. The molecule has 0 radical (unpaired) electrons. The zero-order valence-electron chi connectivity index (χ0n) is 9.07. The Hall–Kier alpha value is -1.71. The molecule has 16 heavy (non-hydrogen) atoms. The van der Waals surface area contributed by atoms with Gasteiger partial charge < -0.3 is 16.2 Å². The van der Waals surface area contributed by atoms with Crippen molar-refractivity contribution >= 4 is 17.3 Å². The Morgan fingerprint density at radius 3 is 2.88 bits per heavy atom. The fourth-order valence-corrected chi connectivity index (χ4v) is 1.75. The zero-order valence-corrected chi connectivity index (χ0v) is 9.07. The van der Waals surface area contributed by atoms with Crippen molar-refractivity contribution in [3.05, 3.63) is 23.8 Å². The maximum Gasteiger partial charge on any atom is 0.337 e. The first-order valence-corrected chi connectivity index (χ1v) is 5.54. The van der Waals surface area contributed by atoms with Crippen molar-refractivity contribution in [2.45, 2.75) is 19.3 Å². The number of nitrogen functional groups attached to an aromatic ring is 1. The second-order valence-electron chi connectivity index (χ2n) is 4.23. The third kappa shape index (κ3) is 2.45. The largest absolute Gasteiger partial charge is 0.478 e. The Bertz CT molecular complexity index is 400. The molecule has 1 fully saturated rings. The molecule has 0 unspecified atom stereocenters. The molecule has 0 spiro atoms.